The molecule has 0 fully saturated rings. The van der Waals surface area contributed by atoms with Crippen molar-refractivity contribution in [2.45, 2.75) is 31.1 Å². The fraction of sp³-hybridized carbons (Fsp3) is 0.417. The van der Waals surface area contributed by atoms with Gasteiger partial charge in [0.25, 0.3) is 5.69 Å². The lowest BCUT2D eigenvalue weighted by atomic mass is 10.2. The molecule has 0 atom stereocenters. The second-order valence-electron chi connectivity index (χ2n) is 3.66. The summed E-state index contributed by atoms with van der Waals surface area (Å²) < 4.78 is 0. The summed E-state index contributed by atoms with van der Waals surface area (Å²) in [5.41, 5.74) is 0.366. The third-order valence-electron chi connectivity index (χ3n) is 2.32. The zero-order chi connectivity index (χ0) is 12.7. The Bertz CT molecular complexity index is 407. The van der Waals surface area contributed by atoms with Crippen LogP contribution in [-0.4, -0.2) is 17.0 Å². The van der Waals surface area contributed by atoms with Gasteiger partial charge in [0.2, 0.25) is 0 Å². The Labute approximate surface area is 105 Å². The number of nitrogens with zero attached hydrogens (tertiary/aromatic N) is 1. The molecule has 0 aromatic heterocycles. The second kappa shape index (κ2) is 7.06. The average Bonchev–Trinajstić information content (AvgIpc) is 2.34. The van der Waals surface area contributed by atoms with E-state index in [9.17, 15) is 14.9 Å². The molecule has 0 bridgehead atoms. The Kier molecular flexibility index (Phi) is 5.69. The van der Waals surface area contributed by atoms with E-state index in [-0.39, 0.29) is 5.69 Å². The predicted octanol–water partition coefficient (Wildman–Crippen LogP) is 3.69. The van der Waals surface area contributed by atoms with Crippen LogP contribution >= 0.6 is 11.8 Å². The van der Waals surface area contributed by atoms with Crippen molar-refractivity contribution in [2.24, 2.45) is 0 Å². The van der Waals surface area contributed by atoms with Crippen molar-refractivity contribution < 1.29 is 9.72 Å². The molecule has 1 aromatic carbocycles. The summed E-state index contributed by atoms with van der Waals surface area (Å²) >= 11 is 1.48. The molecule has 4 nitrogen and oxygen atoms in total. The van der Waals surface area contributed by atoms with Crippen LogP contribution in [0.1, 0.15) is 36.5 Å². The van der Waals surface area contributed by atoms with Crippen molar-refractivity contribution in [3.05, 3.63) is 33.9 Å². The molecule has 0 unspecified atom stereocenters. The van der Waals surface area contributed by atoms with E-state index < -0.39 is 4.92 Å². The summed E-state index contributed by atoms with van der Waals surface area (Å²) in [6.07, 6.45) is 3.94. The van der Waals surface area contributed by atoms with Gasteiger partial charge in [0.15, 0.2) is 0 Å². The highest BCUT2D eigenvalue weighted by molar-refractivity contribution is 7.99. The highest BCUT2D eigenvalue weighted by Crippen LogP contribution is 2.30. The molecular formula is C12H15NO3S. The number of thioether (sulfide) groups is 1. The fourth-order valence-corrected chi connectivity index (χ4v) is 2.42. The van der Waals surface area contributed by atoms with Crippen LogP contribution in [0.4, 0.5) is 5.69 Å². The number of hydrogen-bond acceptors (Lipinski definition) is 4. The normalized spacial score (nSPS) is 10.2. The predicted molar refractivity (Wildman–Crippen MR) is 68.7 cm³/mol. The summed E-state index contributed by atoms with van der Waals surface area (Å²) in [5.74, 6) is 0.870. The van der Waals surface area contributed by atoms with Crippen LogP contribution in [0.2, 0.25) is 0 Å². The quantitative estimate of drug-likeness (QED) is 0.244. The lowest BCUT2D eigenvalue weighted by Crippen LogP contribution is -1.93. The molecule has 0 radical (unpaired) electrons. The van der Waals surface area contributed by atoms with Gasteiger partial charge in [-0.15, -0.1) is 11.8 Å². The summed E-state index contributed by atoms with van der Waals surface area (Å²) in [7, 11) is 0. The molecule has 0 saturated carbocycles. The molecule has 0 spiro atoms. The van der Waals surface area contributed by atoms with Gasteiger partial charge >= 0.3 is 0 Å². The number of carbonyl (C=O) groups is 1. The number of unbranched alkanes of at least 4 members (excludes halogenated alkanes) is 2. The summed E-state index contributed by atoms with van der Waals surface area (Å²) in [6.45, 7) is 2.12. The van der Waals surface area contributed by atoms with Crippen molar-refractivity contribution in [3.8, 4) is 0 Å². The minimum atomic E-state index is -0.435. The maximum atomic E-state index is 10.9. The van der Waals surface area contributed by atoms with Gasteiger partial charge in [0.1, 0.15) is 6.29 Å². The molecule has 5 heteroatoms. The minimum Gasteiger partial charge on any atom is -0.298 e. The maximum absolute atomic E-state index is 10.9. The van der Waals surface area contributed by atoms with E-state index in [1.807, 2.05) is 0 Å². The van der Waals surface area contributed by atoms with Gasteiger partial charge in [-0.3, -0.25) is 14.9 Å². The van der Waals surface area contributed by atoms with E-state index in [0.29, 0.717) is 16.7 Å². The van der Waals surface area contributed by atoms with Gasteiger partial charge < -0.3 is 0 Å². The lowest BCUT2D eigenvalue weighted by Gasteiger charge is -2.03. The molecule has 0 aliphatic heterocycles. The first-order chi connectivity index (χ1) is 8.19. The first-order valence-electron chi connectivity index (χ1n) is 5.55. The Hall–Kier alpha value is -1.36. The first-order valence-corrected chi connectivity index (χ1v) is 6.54. The standard InChI is InChI=1S/C12H15NO3S/c1-2-3-4-7-17-12-6-5-10(9-14)8-11(12)13(15)16/h5-6,8-9H,2-4,7H2,1H3. The number of aldehydes is 1. The van der Waals surface area contributed by atoms with Crippen LogP contribution in [0.25, 0.3) is 0 Å². The molecule has 1 aromatic rings. The highest BCUT2D eigenvalue weighted by Gasteiger charge is 2.14. The number of nitro groups is 1. The van der Waals surface area contributed by atoms with Crippen molar-refractivity contribution >= 4 is 23.7 Å². The topological polar surface area (TPSA) is 60.2 Å². The molecule has 0 aliphatic carbocycles. The van der Waals surface area contributed by atoms with Gasteiger partial charge in [-0.1, -0.05) is 25.8 Å². The van der Waals surface area contributed by atoms with Crippen molar-refractivity contribution in [2.75, 3.05) is 5.75 Å². The largest absolute Gasteiger partial charge is 0.298 e. The van der Waals surface area contributed by atoms with E-state index in [2.05, 4.69) is 6.92 Å². The number of hydrogen-bond donors (Lipinski definition) is 0. The third-order valence-corrected chi connectivity index (χ3v) is 3.47. The fourth-order valence-electron chi connectivity index (χ4n) is 1.41. The molecule has 17 heavy (non-hydrogen) atoms. The number of benzene rings is 1. The van der Waals surface area contributed by atoms with E-state index in [0.717, 1.165) is 25.0 Å². The molecule has 0 amide bonds. The monoisotopic (exact) mass is 253 g/mol. The van der Waals surface area contributed by atoms with E-state index in [1.54, 1.807) is 12.1 Å². The number of carbonyl (C=O) groups excluding carboxylic acids is 1. The third kappa shape index (κ3) is 4.19. The lowest BCUT2D eigenvalue weighted by molar-refractivity contribution is -0.387. The van der Waals surface area contributed by atoms with E-state index in [4.69, 9.17) is 0 Å². The summed E-state index contributed by atoms with van der Waals surface area (Å²) in [4.78, 5) is 21.6. The molecular weight excluding hydrogens is 238 g/mol. The zero-order valence-electron chi connectivity index (χ0n) is 9.72. The van der Waals surface area contributed by atoms with E-state index in [1.165, 1.54) is 17.8 Å². The Morgan fingerprint density at radius 2 is 2.18 bits per heavy atom. The molecule has 0 heterocycles. The molecule has 0 aliphatic rings. The SMILES string of the molecule is CCCCCSc1ccc(C=O)cc1[N+](=O)[O-]. The highest BCUT2D eigenvalue weighted by atomic mass is 32.2. The average molecular weight is 253 g/mol. The zero-order valence-corrected chi connectivity index (χ0v) is 10.5. The Morgan fingerprint density at radius 1 is 1.41 bits per heavy atom. The van der Waals surface area contributed by atoms with Gasteiger partial charge in [-0.05, 0) is 18.2 Å². The van der Waals surface area contributed by atoms with Crippen molar-refractivity contribution in [1.29, 1.82) is 0 Å². The number of nitro benzene ring substituents is 1. The van der Waals surface area contributed by atoms with Crippen LogP contribution in [0.15, 0.2) is 23.1 Å². The number of rotatable bonds is 7. The van der Waals surface area contributed by atoms with Gasteiger partial charge in [-0.2, -0.15) is 0 Å². The second-order valence-corrected chi connectivity index (χ2v) is 4.79. The van der Waals surface area contributed by atoms with Gasteiger partial charge in [0, 0.05) is 11.6 Å². The molecule has 0 saturated heterocycles. The van der Waals surface area contributed by atoms with Crippen LogP contribution in [-0.2, 0) is 0 Å². The minimum absolute atomic E-state index is 0.0242. The van der Waals surface area contributed by atoms with Crippen LogP contribution < -0.4 is 0 Å². The van der Waals surface area contributed by atoms with Gasteiger partial charge in [0.05, 0.1) is 9.82 Å². The maximum Gasteiger partial charge on any atom is 0.283 e. The van der Waals surface area contributed by atoms with Gasteiger partial charge in [-0.25, -0.2) is 0 Å². The first kappa shape index (κ1) is 13.7. The van der Waals surface area contributed by atoms with E-state index >= 15 is 0 Å². The van der Waals surface area contributed by atoms with Crippen LogP contribution in [0, 0.1) is 10.1 Å². The Morgan fingerprint density at radius 3 is 2.76 bits per heavy atom. The van der Waals surface area contributed by atoms with Crippen molar-refractivity contribution in [1.82, 2.24) is 0 Å². The molecule has 92 valence electrons. The summed E-state index contributed by atoms with van der Waals surface area (Å²) in [6, 6.07) is 4.59. The molecule has 0 N–H and O–H groups in total. The summed E-state index contributed by atoms with van der Waals surface area (Å²) in [5, 5.41) is 10.9. The van der Waals surface area contributed by atoms with Crippen LogP contribution in [0.5, 0.6) is 0 Å². The van der Waals surface area contributed by atoms with Crippen molar-refractivity contribution in [3.63, 3.8) is 0 Å². The Balaban J connectivity index is 2.76. The smallest absolute Gasteiger partial charge is 0.283 e. The van der Waals surface area contributed by atoms with Crippen LogP contribution in [0.3, 0.4) is 0 Å². The molecule has 1 rings (SSSR count).